The van der Waals surface area contributed by atoms with E-state index in [1.165, 1.54) is 25.7 Å². The Morgan fingerprint density at radius 3 is 2.38 bits per heavy atom. The van der Waals surface area contributed by atoms with Crippen LogP contribution >= 0.6 is 0 Å². The molecule has 1 amide bonds. The highest BCUT2D eigenvalue weighted by Crippen LogP contribution is 2.48. The SMILES string of the molecule is CCOC(=O)c1cccc(C)c1NC(=O)C1([N+]2(C)CCCCCC2)CC1. The van der Waals surface area contributed by atoms with E-state index in [1.807, 2.05) is 19.1 Å². The molecule has 26 heavy (non-hydrogen) atoms. The van der Waals surface area contributed by atoms with Crippen LogP contribution in [-0.4, -0.2) is 48.6 Å². The Hall–Kier alpha value is -1.88. The number of likely N-dealkylation sites (tertiary alicyclic amines) is 1. The molecule has 1 heterocycles. The van der Waals surface area contributed by atoms with E-state index < -0.39 is 0 Å². The molecule has 1 aromatic rings. The molecule has 0 spiro atoms. The molecule has 3 rings (SSSR count). The normalized spacial score (nSPS) is 20.7. The van der Waals surface area contributed by atoms with Gasteiger partial charge in [0.25, 0.3) is 5.91 Å². The highest BCUT2D eigenvalue weighted by molar-refractivity contribution is 6.05. The van der Waals surface area contributed by atoms with E-state index in [4.69, 9.17) is 4.74 Å². The van der Waals surface area contributed by atoms with Crippen LogP contribution < -0.4 is 5.32 Å². The lowest BCUT2D eigenvalue weighted by Crippen LogP contribution is -2.60. The number of likely N-dealkylation sites (N-methyl/N-ethyl adjacent to an activating group) is 1. The minimum atomic E-state index is -0.383. The molecule has 5 heteroatoms. The number of carbonyl (C=O) groups is 2. The van der Waals surface area contributed by atoms with Gasteiger partial charge in [0.15, 0.2) is 5.54 Å². The fraction of sp³-hybridized carbons (Fsp3) is 0.619. The molecule has 2 aliphatic rings. The Morgan fingerprint density at radius 2 is 1.81 bits per heavy atom. The van der Waals surface area contributed by atoms with E-state index in [2.05, 4.69) is 12.4 Å². The summed E-state index contributed by atoms with van der Waals surface area (Å²) in [4.78, 5) is 25.6. The van der Waals surface area contributed by atoms with Crippen molar-refractivity contribution in [2.45, 2.75) is 57.9 Å². The Bertz CT molecular complexity index is 686. The second-order valence-corrected chi connectivity index (χ2v) is 7.96. The zero-order valence-electron chi connectivity index (χ0n) is 16.3. The fourth-order valence-electron chi connectivity index (χ4n) is 4.39. The third kappa shape index (κ3) is 3.37. The molecular formula is C21H31N2O3+. The van der Waals surface area contributed by atoms with Crippen LogP contribution in [0.5, 0.6) is 0 Å². The van der Waals surface area contributed by atoms with Gasteiger partial charge in [-0.05, 0) is 51.2 Å². The number of hydrogen-bond acceptors (Lipinski definition) is 3. The van der Waals surface area contributed by atoms with Gasteiger partial charge in [-0.25, -0.2) is 4.79 Å². The van der Waals surface area contributed by atoms with Crippen LogP contribution in [-0.2, 0) is 9.53 Å². The third-order valence-corrected chi connectivity index (χ3v) is 6.24. The number of para-hydroxylation sites is 1. The number of amides is 1. The number of nitrogens with one attached hydrogen (secondary N) is 1. The van der Waals surface area contributed by atoms with Crippen LogP contribution in [0.1, 0.15) is 61.4 Å². The van der Waals surface area contributed by atoms with E-state index in [-0.39, 0.29) is 17.4 Å². The van der Waals surface area contributed by atoms with Gasteiger partial charge in [0.2, 0.25) is 0 Å². The first-order valence-corrected chi connectivity index (χ1v) is 9.86. The number of aryl methyl sites for hydroxylation is 1. The molecule has 1 aliphatic carbocycles. The van der Waals surface area contributed by atoms with Crippen LogP contribution in [0.3, 0.4) is 0 Å². The van der Waals surface area contributed by atoms with Gasteiger partial charge < -0.3 is 14.5 Å². The molecule has 1 saturated heterocycles. The summed E-state index contributed by atoms with van der Waals surface area (Å²) in [7, 11) is 2.24. The van der Waals surface area contributed by atoms with Gasteiger partial charge in [0.05, 0.1) is 38.0 Å². The summed E-state index contributed by atoms with van der Waals surface area (Å²) in [5, 5.41) is 3.11. The molecular weight excluding hydrogens is 328 g/mol. The van der Waals surface area contributed by atoms with Gasteiger partial charge in [-0.1, -0.05) is 12.1 Å². The van der Waals surface area contributed by atoms with Crippen LogP contribution in [0.2, 0.25) is 0 Å². The molecule has 0 atom stereocenters. The second-order valence-electron chi connectivity index (χ2n) is 7.96. The number of esters is 1. The number of rotatable bonds is 5. The maximum Gasteiger partial charge on any atom is 0.340 e. The van der Waals surface area contributed by atoms with Crippen molar-refractivity contribution >= 4 is 17.6 Å². The van der Waals surface area contributed by atoms with E-state index in [0.29, 0.717) is 17.9 Å². The summed E-state index contributed by atoms with van der Waals surface area (Å²) in [5.74, 6) is -0.326. The molecule has 1 N–H and O–H groups in total. The lowest BCUT2D eigenvalue weighted by Gasteiger charge is -2.41. The van der Waals surface area contributed by atoms with E-state index in [9.17, 15) is 9.59 Å². The summed E-state index contributed by atoms with van der Waals surface area (Å²) in [6.45, 7) is 6.15. The van der Waals surface area contributed by atoms with Gasteiger partial charge in [-0.2, -0.15) is 0 Å². The van der Waals surface area contributed by atoms with Gasteiger partial charge >= 0.3 is 5.97 Å². The Morgan fingerprint density at radius 1 is 1.15 bits per heavy atom. The van der Waals surface area contributed by atoms with Gasteiger partial charge in [-0.3, -0.25) is 4.79 Å². The first kappa shape index (κ1) is 18.9. The number of nitrogens with zero attached hydrogens (tertiary/aromatic N) is 1. The van der Waals surface area contributed by atoms with Gasteiger partial charge in [0, 0.05) is 12.8 Å². The number of anilines is 1. The van der Waals surface area contributed by atoms with Crippen molar-refractivity contribution in [1.29, 1.82) is 0 Å². The molecule has 0 bridgehead atoms. The monoisotopic (exact) mass is 359 g/mol. The average Bonchev–Trinajstić information content (AvgIpc) is 3.43. The van der Waals surface area contributed by atoms with E-state index in [1.54, 1.807) is 13.0 Å². The van der Waals surface area contributed by atoms with Gasteiger partial charge in [0.1, 0.15) is 0 Å². The molecule has 5 nitrogen and oxygen atoms in total. The van der Waals surface area contributed by atoms with Crippen molar-refractivity contribution in [3.05, 3.63) is 29.3 Å². The number of hydrogen-bond donors (Lipinski definition) is 1. The minimum Gasteiger partial charge on any atom is -0.462 e. The lowest BCUT2D eigenvalue weighted by atomic mass is 10.1. The first-order valence-electron chi connectivity index (χ1n) is 9.86. The molecule has 0 unspecified atom stereocenters. The highest BCUT2D eigenvalue weighted by atomic mass is 16.5. The topological polar surface area (TPSA) is 55.4 Å². The molecule has 142 valence electrons. The molecule has 0 radical (unpaired) electrons. The largest absolute Gasteiger partial charge is 0.462 e. The quantitative estimate of drug-likeness (QED) is 0.645. The predicted molar refractivity (Wildman–Crippen MR) is 102 cm³/mol. The third-order valence-electron chi connectivity index (χ3n) is 6.24. The van der Waals surface area contributed by atoms with Gasteiger partial charge in [-0.15, -0.1) is 0 Å². The van der Waals surface area contributed by atoms with Crippen LogP contribution in [0, 0.1) is 6.92 Å². The van der Waals surface area contributed by atoms with Crippen molar-refractivity contribution < 1.29 is 18.8 Å². The second kappa shape index (κ2) is 7.39. The molecule has 0 aromatic heterocycles. The summed E-state index contributed by atoms with van der Waals surface area (Å²) in [5.41, 5.74) is 1.59. The summed E-state index contributed by atoms with van der Waals surface area (Å²) < 4.78 is 6.00. The van der Waals surface area contributed by atoms with E-state index >= 15 is 0 Å². The Balaban J connectivity index is 1.85. The lowest BCUT2D eigenvalue weighted by molar-refractivity contribution is -0.933. The maximum atomic E-state index is 13.3. The standard InChI is InChI=1S/C21H30N2O3/c1-4-26-19(24)17-11-9-10-16(2)18(17)22-20(25)21(12-13-21)23(3)14-7-5-6-8-15-23/h9-11H,4-8,12-15H2,1-3H3/p+1. The number of carbonyl (C=O) groups excluding carboxylic acids is 2. The number of quaternary nitrogens is 1. The predicted octanol–water partition coefficient (Wildman–Crippen LogP) is 3.66. The number of ether oxygens (including phenoxy) is 1. The zero-order valence-corrected chi connectivity index (χ0v) is 16.3. The molecule has 1 aromatic carbocycles. The maximum absolute atomic E-state index is 13.3. The van der Waals surface area contributed by atoms with Crippen molar-refractivity contribution in [2.75, 3.05) is 32.1 Å². The van der Waals surface area contributed by atoms with Crippen molar-refractivity contribution in [2.24, 2.45) is 0 Å². The van der Waals surface area contributed by atoms with Crippen molar-refractivity contribution in [3.8, 4) is 0 Å². The molecule has 1 aliphatic heterocycles. The van der Waals surface area contributed by atoms with E-state index in [0.717, 1.165) is 36.0 Å². The summed E-state index contributed by atoms with van der Waals surface area (Å²) >= 11 is 0. The molecule has 2 fully saturated rings. The van der Waals surface area contributed by atoms with Crippen molar-refractivity contribution in [3.63, 3.8) is 0 Å². The highest BCUT2D eigenvalue weighted by Gasteiger charge is 2.63. The summed E-state index contributed by atoms with van der Waals surface area (Å²) in [6.07, 6.45) is 6.74. The fourth-order valence-corrected chi connectivity index (χ4v) is 4.39. The summed E-state index contributed by atoms with van der Waals surface area (Å²) in [6, 6.07) is 5.47. The van der Waals surface area contributed by atoms with Crippen LogP contribution in [0.4, 0.5) is 5.69 Å². The minimum absolute atomic E-state index is 0.0572. The Kier molecular flexibility index (Phi) is 5.37. The first-order chi connectivity index (χ1) is 12.4. The number of benzene rings is 1. The average molecular weight is 359 g/mol. The Labute approximate surface area is 156 Å². The molecule has 1 saturated carbocycles. The zero-order chi connectivity index (χ0) is 18.8. The van der Waals surface area contributed by atoms with Crippen molar-refractivity contribution in [1.82, 2.24) is 0 Å². The van der Waals surface area contributed by atoms with Crippen LogP contribution in [0.25, 0.3) is 0 Å². The van der Waals surface area contributed by atoms with Crippen LogP contribution in [0.15, 0.2) is 18.2 Å². The smallest absolute Gasteiger partial charge is 0.340 e.